The molecule has 0 radical (unpaired) electrons. The number of benzene rings is 3. The molecule has 3 heterocycles. The maximum atomic E-state index is 5.50. The molecule has 4 aromatic rings. The average Bonchev–Trinajstić information content (AvgIpc) is 3.23. The van der Waals surface area contributed by atoms with Gasteiger partial charge >= 0.3 is 0 Å². The minimum Gasteiger partial charge on any atom is -0.298 e. The van der Waals surface area contributed by atoms with Crippen LogP contribution in [-0.2, 0) is 5.41 Å². The quantitative estimate of drug-likeness (QED) is 0.233. The SMILES string of the molecule is CCC1(CC)C=CC2N(c3ccccc3)c3ncc(-c4c(C(C)C)cccc4C(C)C)nc3N2c2ccccc21. The minimum absolute atomic E-state index is 0.0243. The Morgan fingerprint density at radius 3 is 2.05 bits per heavy atom. The molecule has 40 heavy (non-hydrogen) atoms. The summed E-state index contributed by atoms with van der Waals surface area (Å²) in [7, 11) is 0. The second-order valence-corrected chi connectivity index (χ2v) is 11.8. The van der Waals surface area contributed by atoms with Gasteiger partial charge in [0.25, 0.3) is 0 Å². The van der Waals surface area contributed by atoms with Gasteiger partial charge in [-0.25, -0.2) is 9.97 Å². The molecule has 1 aromatic heterocycles. The molecule has 0 spiro atoms. The number of para-hydroxylation sites is 2. The van der Waals surface area contributed by atoms with Crippen LogP contribution in [0.15, 0.2) is 91.1 Å². The fourth-order valence-corrected chi connectivity index (χ4v) is 6.66. The number of nitrogens with zero attached hydrogens (tertiary/aromatic N) is 4. The number of allylic oxidation sites excluding steroid dienone is 1. The summed E-state index contributed by atoms with van der Waals surface area (Å²) in [5, 5.41) is 0. The van der Waals surface area contributed by atoms with Crippen molar-refractivity contribution in [2.45, 2.75) is 77.8 Å². The predicted octanol–water partition coefficient (Wildman–Crippen LogP) is 9.63. The standard InChI is InChI=1S/C36H40N4/c1-7-36(8-2)22-21-32-39(26-15-10-9-11-16-26)34-35(40(32)31-20-13-12-19-29(31)36)38-30(23-37-34)33-27(24(3)4)17-14-18-28(33)25(5)6/h9-25,32H,7-8H2,1-6H3. The Hall–Kier alpha value is -3.92. The molecule has 0 bridgehead atoms. The van der Waals surface area contributed by atoms with Crippen molar-refractivity contribution in [3.8, 4) is 11.3 Å². The lowest BCUT2D eigenvalue weighted by Crippen LogP contribution is -2.36. The predicted molar refractivity (Wildman–Crippen MR) is 168 cm³/mol. The third kappa shape index (κ3) is 4.04. The second kappa shape index (κ2) is 10.2. The molecular formula is C36H40N4. The maximum Gasteiger partial charge on any atom is 0.179 e. The van der Waals surface area contributed by atoms with Crippen molar-refractivity contribution in [2.75, 3.05) is 9.80 Å². The van der Waals surface area contributed by atoms with E-state index >= 15 is 0 Å². The van der Waals surface area contributed by atoms with Crippen LogP contribution in [0.5, 0.6) is 0 Å². The Morgan fingerprint density at radius 2 is 1.40 bits per heavy atom. The van der Waals surface area contributed by atoms with Crippen LogP contribution < -0.4 is 9.80 Å². The molecule has 0 N–H and O–H groups in total. The second-order valence-electron chi connectivity index (χ2n) is 11.8. The Kier molecular flexibility index (Phi) is 6.74. The molecule has 0 aliphatic carbocycles. The molecule has 1 unspecified atom stereocenters. The van der Waals surface area contributed by atoms with E-state index in [2.05, 4.69) is 136 Å². The van der Waals surface area contributed by atoms with Crippen LogP contribution in [0.25, 0.3) is 11.3 Å². The zero-order chi connectivity index (χ0) is 28.0. The lowest BCUT2D eigenvalue weighted by atomic mass is 9.75. The number of fused-ring (bicyclic) bond motifs is 5. The topological polar surface area (TPSA) is 32.3 Å². The largest absolute Gasteiger partial charge is 0.298 e. The zero-order valence-corrected chi connectivity index (χ0v) is 24.6. The highest BCUT2D eigenvalue weighted by molar-refractivity contribution is 5.88. The molecule has 0 fully saturated rings. The van der Waals surface area contributed by atoms with Gasteiger partial charge in [-0.15, -0.1) is 0 Å². The van der Waals surface area contributed by atoms with Crippen molar-refractivity contribution >= 4 is 23.0 Å². The number of hydrogen-bond acceptors (Lipinski definition) is 4. The molecule has 4 nitrogen and oxygen atoms in total. The molecule has 2 aliphatic heterocycles. The first-order chi connectivity index (χ1) is 19.4. The van der Waals surface area contributed by atoms with Crippen molar-refractivity contribution in [3.05, 3.63) is 108 Å². The number of aromatic nitrogens is 2. The molecule has 3 aromatic carbocycles. The lowest BCUT2D eigenvalue weighted by molar-refractivity contribution is 0.499. The van der Waals surface area contributed by atoms with Crippen molar-refractivity contribution < 1.29 is 0 Å². The third-order valence-corrected chi connectivity index (χ3v) is 8.93. The monoisotopic (exact) mass is 528 g/mol. The number of rotatable bonds is 6. The summed E-state index contributed by atoms with van der Waals surface area (Å²) in [6.45, 7) is 13.7. The van der Waals surface area contributed by atoms with Crippen molar-refractivity contribution in [3.63, 3.8) is 0 Å². The maximum absolute atomic E-state index is 5.50. The number of anilines is 4. The Bertz CT molecular complexity index is 1520. The summed E-state index contributed by atoms with van der Waals surface area (Å²) < 4.78 is 0. The van der Waals surface area contributed by atoms with Crippen molar-refractivity contribution in [2.24, 2.45) is 0 Å². The van der Waals surface area contributed by atoms with Gasteiger partial charge in [0.2, 0.25) is 0 Å². The molecule has 0 saturated heterocycles. The first-order valence-electron chi connectivity index (χ1n) is 14.8. The molecule has 204 valence electrons. The molecular weight excluding hydrogens is 488 g/mol. The highest BCUT2D eigenvalue weighted by atomic mass is 15.5. The van der Waals surface area contributed by atoms with E-state index in [9.17, 15) is 0 Å². The highest BCUT2D eigenvalue weighted by Crippen LogP contribution is 2.52. The van der Waals surface area contributed by atoms with E-state index in [1.54, 1.807) is 0 Å². The van der Waals surface area contributed by atoms with Gasteiger partial charge in [-0.3, -0.25) is 9.80 Å². The normalized spacial score (nSPS) is 17.1. The fraction of sp³-hybridized carbons (Fsp3) is 0.333. The molecule has 0 amide bonds. The fourth-order valence-electron chi connectivity index (χ4n) is 6.66. The molecule has 0 saturated carbocycles. The van der Waals surface area contributed by atoms with Crippen molar-refractivity contribution in [1.29, 1.82) is 0 Å². The van der Waals surface area contributed by atoms with Gasteiger partial charge in [0.15, 0.2) is 11.6 Å². The summed E-state index contributed by atoms with van der Waals surface area (Å²) in [5.41, 5.74) is 8.49. The Morgan fingerprint density at radius 1 is 0.750 bits per heavy atom. The van der Waals surface area contributed by atoms with Crippen molar-refractivity contribution in [1.82, 2.24) is 9.97 Å². The minimum atomic E-state index is -0.0568. The smallest absolute Gasteiger partial charge is 0.179 e. The Balaban J connectivity index is 1.64. The van der Waals surface area contributed by atoms with Gasteiger partial charge in [-0.05, 0) is 65.6 Å². The van der Waals surface area contributed by atoms with Crippen LogP contribution in [0.4, 0.5) is 23.0 Å². The van der Waals surface area contributed by atoms with E-state index in [1.807, 2.05) is 6.20 Å². The summed E-state index contributed by atoms with van der Waals surface area (Å²) in [6, 6.07) is 26.2. The van der Waals surface area contributed by atoms with E-state index in [4.69, 9.17) is 9.97 Å². The molecule has 4 heteroatoms. The van der Waals surface area contributed by atoms with Crippen LogP contribution >= 0.6 is 0 Å². The van der Waals surface area contributed by atoms with E-state index in [0.717, 1.165) is 35.9 Å². The summed E-state index contributed by atoms with van der Waals surface area (Å²) in [4.78, 5) is 15.5. The van der Waals surface area contributed by atoms with Gasteiger partial charge in [-0.1, -0.05) is 102 Å². The molecule has 2 aliphatic rings. The summed E-state index contributed by atoms with van der Waals surface area (Å²) in [5.74, 6) is 2.58. The van der Waals surface area contributed by atoms with Gasteiger partial charge < -0.3 is 0 Å². The first kappa shape index (κ1) is 26.3. The summed E-state index contributed by atoms with van der Waals surface area (Å²) >= 11 is 0. The van der Waals surface area contributed by atoms with E-state index < -0.39 is 0 Å². The van der Waals surface area contributed by atoms with E-state index in [0.29, 0.717) is 11.8 Å². The highest BCUT2D eigenvalue weighted by Gasteiger charge is 2.44. The van der Waals surface area contributed by atoms with Crippen LogP contribution in [0, 0.1) is 0 Å². The summed E-state index contributed by atoms with van der Waals surface area (Å²) in [6.07, 6.45) is 8.85. The van der Waals surface area contributed by atoms with Gasteiger partial charge in [-0.2, -0.15) is 0 Å². The molecule has 6 rings (SSSR count). The molecule has 1 atom stereocenters. The lowest BCUT2D eigenvalue weighted by Gasteiger charge is -2.32. The van der Waals surface area contributed by atoms with Crippen LogP contribution in [-0.4, -0.2) is 16.1 Å². The first-order valence-corrected chi connectivity index (χ1v) is 14.8. The van der Waals surface area contributed by atoms with Crippen LogP contribution in [0.1, 0.15) is 82.9 Å². The van der Waals surface area contributed by atoms with E-state index in [1.165, 1.54) is 27.9 Å². The Labute approximate surface area is 239 Å². The number of hydrogen-bond donors (Lipinski definition) is 0. The zero-order valence-electron chi connectivity index (χ0n) is 24.6. The third-order valence-electron chi connectivity index (χ3n) is 8.93. The average molecular weight is 529 g/mol. The van der Waals surface area contributed by atoms with E-state index in [-0.39, 0.29) is 11.6 Å². The van der Waals surface area contributed by atoms with Gasteiger partial charge in [0.05, 0.1) is 11.9 Å². The van der Waals surface area contributed by atoms with Crippen LogP contribution in [0.2, 0.25) is 0 Å². The van der Waals surface area contributed by atoms with Gasteiger partial charge in [0, 0.05) is 22.4 Å². The van der Waals surface area contributed by atoms with Crippen LogP contribution in [0.3, 0.4) is 0 Å². The van der Waals surface area contributed by atoms with Gasteiger partial charge in [0.1, 0.15) is 6.17 Å².